The fourth-order valence-electron chi connectivity index (χ4n) is 1.62. The molecule has 0 atom stereocenters. The molecule has 2 aromatic rings. The summed E-state index contributed by atoms with van der Waals surface area (Å²) in [6, 6.07) is 5.90. The van der Waals surface area contributed by atoms with Gasteiger partial charge in [0, 0.05) is 12.3 Å². The SMILES string of the molecule is Fc1ccc(OCc2nnc3n2NCCS3)cc1. The molecule has 0 saturated heterocycles. The van der Waals surface area contributed by atoms with Gasteiger partial charge in [-0.25, -0.2) is 9.07 Å². The van der Waals surface area contributed by atoms with Crippen LogP contribution in [0.15, 0.2) is 29.4 Å². The fourth-order valence-corrected chi connectivity index (χ4v) is 2.40. The van der Waals surface area contributed by atoms with Crippen molar-refractivity contribution in [3.05, 3.63) is 35.9 Å². The summed E-state index contributed by atoms with van der Waals surface area (Å²) < 4.78 is 20.1. The lowest BCUT2D eigenvalue weighted by atomic mass is 10.3. The number of benzene rings is 1. The molecule has 0 unspecified atom stereocenters. The minimum atomic E-state index is -0.278. The average molecular weight is 266 g/mol. The van der Waals surface area contributed by atoms with Crippen molar-refractivity contribution in [1.29, 1.82) is 0 Å². The highest BCUT2D eigenvalue weighted by molar-refractivity contribution is 7.99. The molecule has 0 radical (unpaired) electrons. The van der Waals surface area contributed by atoms with E-state index in [9.17, 15) is 4.39 Å². The second kappa shape index (κ2) is 4.85. The van der Waals surface area contributed by atoms with Crippen molar-refractivity contribution in [2.45, 2.75) is 11.8 Å². The highest BCUT2D eigenvalue weighted by atomic mass is 32.2. The van der Waals surface area contributed by atoms with Crippen LogP contribution < -0.4 is 10.2 Å². The van der Waals surface area contributed by atoms with Crippen LogP contribution in [0.2, 0.25) is 0 Å². The number of hydrogen-bond acceptors (Lipinski definition) is 5. The Morgan fingerprint density at radius 2 is 2.17 bits per heavy atom. The van der Waals surface area contributed by atoms with Gasteiger partial charge in [0.1, 0.15) is 18.2 Å². The van der Waals surface area contributed by atoms with E-state index in [1.807, 2.05) is 4.68 Å². The van der Waals surface area contributed by atoms with E-state index in [0.29, 0.717) is 18.2 Å². The van der Waals surface area contributed by atoms with E-state index in [2.05, 4.69) is 15.6 Å². The van der Waals surface area contributed by atoms with E-state index in [0.717, 1.165) is 17.5 Å². The number of fused-ring (bicyclic) bond motifs is 1. The highest BCUT2D eigenvalue weighted by Crippen LogP contribution is 2.19. The molecule has 3 rings (SSSR count). The second-order valence-electron chi connectivity index (χ2n) is 3.73. The Bertz CT molecular complexity index is 542. The number of aromatic nitrogens is 3. The van der Waals surface area contributed by atoms with E-state index < -0.39 is 0 Å². The Morgan fingerprint density at radius 3 is 3.00 bits per heavy atom. The lowest BCUT2D eigenvalue weighted by molar-refractivity contribution is 0.290. The third kappa shape index (κ3) is 2.26. The van der Waals surface area contributed by atoms with Crippen molar-refractivity contribution in [2.75, 3.05) is 17.7 Å². The Kier molecular flexibility index (Phi) is 3.06. The summed E-state index contributed by atoms with van der Waals surface area (Å²) in [6.07, 6.45) is 0. The molecule has 94 valence electrons. The van der Waals surface area contributed by atoms with Crippen molar-refractivity contribution >= 4 is 11.8 Å². The summed E-state index contributed by atoms with van der Waals surface area (Å²) in [6.45, 7) is 1.17. The number of thioether (sulfide) groups is 1. The van der Waals surface area contributed by atoms with Crippen LogP contribution in [0, 0.1) is 5.82 Å². The zero-order valence-corrected chi connectivity index (χ0v) is 10.3. The molecule has 1 aromatic heterocycles. The summed E-state index contributed by atoms with van der Waals surface area (Å²) in [7, 11) is 0. The molecule has 0 saturated carbocycles. The number of rotatable bonds is 3. The van der Waals surface area contributed by atoms with E-state index >= 15 is 0 Å². The van der Waals surface area contributed by atoms with Crippen molar-refractivity contribution < 1.29 is 9.13 Å². The molecule has 0 aliphatic carbocycles. The number of halogens is 1. The molecule has 1 aromatic carbocycles. The van der Waals surface area contributed by atoms with E-state index in [1.165, 1.54) is 12.1 Å². The van der Waals surface area contributed by atoms with Crippen LogP contribution in [-0.4, -0.2) is 27.2 Å². The number of nitrogens with zero attached hydrogens (tertiary/aromatic N) is 3. The maximum Gasteiger partial charge on any atom is 0.210 e. The van der Waals surface area contributed by atoms with Crippen molar-refractivity contribution in [2.24, 2.45) is 0 Å². The zero-order chi connectivity index (χ0) is 12.4. The summed E-state index contributed by atoms with van der Waals surface area (Å²) in [5.41, 5.74) is 3.19. The zero-order valence-electron chi connectivity index (χ0n) is 9.47. The molecule has 0 bridgehead atoms. The topological polar surface area (TPSA) is 52.0 Å². The predicted molar refractivity (Wildman–Crippen MR) is 65.7 cm³/mol. The number of hydrogen-bond donors (Lipinski definition) is 1. The average Bonchev–Trinajstić information content (AvgIpc) is 2.82. The third-order valence-corrected chi connectivity index (χ3v) is 3.42. The van der Waals surface area contributed by atoms with Crippen molar-refractivity contribution in [1.82, 2.24) is 14.9 Å². The molecular formula is C11H11FN4OS. The molecule has 0 spiro atoms. The Balaban J connectivity index is 1.70. The Morgan fingerprint density at radius 1 is 1.33 bits per heavy atom. The van der Waals surface area contributed by atoms with Gasteiger partial charge in [-0.1, -0.05) is 11.8 Å². The lowest BCUT2D eigenvalue weighted by Gasteiger charge is -2.16. The first-order valence-electron chi connectivity index (χ1n) is 5.52. The Hall–Kier alpha value is -1.76. The summed E-state index contributed by atoms with van der Waals surface area (Å²) in [4.78, 5) is 0. The van der Waals surface area contributed by atoms with E-state index in [-0.39, 0.29) is 5.82 Å². The molecule has 7 heteroatoms. The summed E-state index contributed by atoms with van der Waals surface area (Å²) >= 11 is 1.65. The molecule has 1 aliphatic heterocycles. The normalized spacial score (nSPS) is 13.8. The number of ether oxygens (including phenoxy) is 1. The minimum Gasteiger partial charge on any atom is -0.486 e. The molecule has 0 amide bonds. The first-order chi connectivity index (χ1) is 8.83. The monoisotopic (exact) mass is 266 g/mol. The maximum atomic E-state index is 12.7. The van der Waals surface area contributed by atoms with E-state index in [1.54, 1.807) is 23.9 Å². The van der Waals surface area contributed by atoms with Crippen LogP contribution in [0.3, 0.4) is 0 Å². The lowest BCUT2D eigenvalue weighted by Crippen LogP contribution is -2.25. The van der Waals surface area contributed by atoms with Crippen molar-refractivity contribution in [3.8, 4) is 5.75 Å². The maximum absolute atomic E-state index is 12.7. The van der Waals surface area contributed by atoms with Gasteiger partial charge in [0.15, 0.2) is 5.82 Å². The summed E-state index contributed by atoms with van der Waals surface area (Å²) in [5.74, 6) is 2.02. The highest BCUT2D eigenvalue weighted by Gasteiger charge is 2.16. The van der Waals surface area contributed by atoms with Crippen molar-refractivity contribution in [3.63, 3.8) is 0 Å². The van der Waals surface area contributed by atoms with Gasteiger partial charge >= 0.3 is 0 Å². The second-order valence-corrected chi connectivity index (χ2v) is 4.80. The van der Waals surface area contributed by atoms with Crippen LogP contribution in [0.1, 0.15) is 5.82 Å². The van der Waals surface area contributed by atoms with Gasteiger partial charge in [-0.3, -0.25) is 0 Å². The van der Waals surface area contributed by atoms with Crippen LogP contribution in [0.4, 0.5) is 4.39 Å². The van der Waals surface area contributed by atoms with Gasteiger partial charge in [-0.15, -0.1) is 10.2 Å². The standard InChI is InChI=1S/C11H11FN4OS/c12-8-1-3-9(4-2-8)17-7-10-14-15-11-16(10)13-5-6-18-11/h1-4,13H,5-7H2. The molecular weight excluding hydrogens is 255 g/mol. The molecule has 5 nitrogen and oxygen atoms in total. The van der Waals surface area contributed by atoms with Gasteiger partial charge in [-0.2, -0.15) is 0 Å². The Labute approximate surface area is 107 Å². The van der Waals surface area contributed by atoms with Gasteiger partial charge in [-0.05, 0) is 24.3 Å². The van der Waals surface area contributed by atoms with Gasteiger partial charge < -0.3 is 10.2 Å². The molecule has 1 N–H and O–H groups in total. The first-order valence-corrected chi connectivity index (χ1v) is 6.51. The predicted octanol–water partition coefficient (Wildman–Crippen LogP) is 1.65. The molecule has 1 aliphatic rings. The summed E-state index contributed by atoms with van der Waals surface area (Å²) in [5, 5.41) is 8.96. The van der Waals surface area contributed by atoms with Crippen LogP contribution in [0.5, 0.6) is 5.75 Å². The number of nitrogens with one attached hydrogen (secondary N) is 1. The largest absolute Gasteiger partial charge is 0.486 e. The van der Waals surface area contributed by atoms with Crippen LogP contribution >= 0.6 is 11.8 Å². The van der Waals surface area contributed by atoms with Gasteiger partial charge in [0.05, 0.1) is 0 Å². The van der Waals surface area contributed by atoms with Gasteiger partial charge in [0.2, 0.25) is 5.16 Å². The first kappa shape index (κ1) is 11.3. The third-order valence-electron chi connectivity index (χ3n) is 2.49. The molecule has 18 heavy (non-hydrogen) atoms. The fraction of sp³-hybridized carbons (Fsp3) is 0.273. The molecule has 0 fully saturated rings. The van der Waals surface area contributed by atoms with Crippen LogP contribution in [0.25, 0.3) is 0 Å². The van der Waals surface area contributed by atoms with Crippen LogP contribution in [-0.2, 0) is 6.61 Å². The van der Waals surface area contributed by atoms with E-state index in [4.69, 9.17) is 4.74 Å². The van der Waals surface area contributed by atoms with Gasteiger partial charge in [0.25, 0.3) is 0 Å². The quantitative estimate of drug-likeness (QED) is 0.915. The molecule has 2 heterocycles. The smallest absolute Gasteiger partial charge is 0.210 e. The minimum absolute atomic E-state index is 0.278.